The van der Waals surface area contributed by atoms with Gasteiger partial charge in [-0.1, -0.05) is 19.9 Å². The van der Waals surface area contributed by atoms with Crippen molar-refractivity contribution >= 4 is 28.5 Å². The van der Waals surface area contributed by atoms with Gasteiger partial charge in [0.1, 0.15) is 5.75 Å². The molecule has 0 saturated heterocycles. The number of ether oxygens (including phenoxy) is 3. The molecule has 7 heteroatoms. The van der Waals surface area contributed by atoms with Gasteiger partial charge in [0.15, 0.2) is 16.6 Å². The molecule has 34 heavy (non-hydrogen) atoms. The third-order valence-corrected chi connectivity index (χ3v) is 5.58. The molecule has 3 aromatic rings. The number of carbonyl (C=O) groups is 1. The molecule has 0 atom stereocenters. The highest BCUT2D eigenvalue weighted by Crippen LogP contribution is 2.29. The first kappa shape index (κ1) is 25.3. The normalized spacial score (nSPS) is 11.3. The Morgan fingerprint density at radius 3 is 2.53 bits per heavy atom. The lowest BCUT2D eigenvalue weighted by Gasteiger charge is -2.12. The van der Waals surface area contributed by atoms with E-state index in [1.54, 1.807) is 13.2 Å². The number of nitrogens with one attached hydrogen (secondary N) is 1. The van der Waals surface area contributed by atoms with E-state index in [9.17, 15) is 4.79 Å². The van der Waals surface area contributed by atoms with Crippen molar-refractivity contribution in [2.75, 3.05) is 19.0 Å². The lowest BCUT2D eigenvalue weighted by atomic mass is 10.1. The Morgan fingerprint density at radius 1 is 1.09 bits per heavy atom. The maximum absolute atomic E-state index is 12.4. The molecule has 1 amide bonds. The van der Waals surface area contributed by atoms with Crippen molar-refractivity contribution in [1.82, 2.24) is 4.98 Å². The van der Waals surface area contributed by atoms with Crippen LogP contribution in [0.15, 0.2) is 53.9 Å². The minimum atomic E-state index is -0.252. The molecule has 2 aromatic carbocycles. The summed E-state index contributed by atoms with van der Waals surface area (Å²) in [6.07, 6.45) is 4.31. The van der Waals surface area contributed by atoms with Crippen LogP contribution < -0.4 is 19.5 Å². The van der Waals surface area contributed by atoms with Crippen LogP contribution >= 0.6 is 11.3 Å². The molecule has 0 fully saturated rings. The number of hydrogen-bond acceptors (Lipinski definition) is 6. The Labute approximate surface area is 205 Å². The highest BCUT2D eigenvalue weighted by molar-refractivity contribution is 7.14. The van der Waals surface area contributed by atoms with Gasteiger partial charge in [0.2, 0.25) is 5.91 Å². The molecule has 1 aromatic heterocycles. The molecule has 6 nitrogen and oxygen atoms in total. The van der Waals surface area contributed by atoms with E-state index in [4.69, 9.17) is 14.2 Å². The Morgan fingerprint density at radius 2 is 1.85 bits per heavy atom. The van der Waals surface area contributed by atoms with E-state index in [0.717, 1.165) is 29.0 Å². The van der Waals surface area contributed by atoms with Gasteiger partial charge in [-0.2, -0.15) is 0 Å². The van der Waals surface area contributed by atoms with Gasteiger partial charge in [-0.25, -0.2) is 4.98 Å². The number of rotatable bonds is 11. The van der Waals surface area contributed by atoms with Crippen LogP contribution in [0.4, 0.5) is 5.13 Å². The Bertz CT molecular complexity index is 1100. The molecule has 0 aliphatic rings. The van der Waals surface area contributed by atoms with Crippen LogP contribution in [0.25, 0.3) is 17.3 Å². The first-order valence-electron chi connectivity index (χ1n) is 11.4. The fourth-order valence-electron chi connectivity index (χ4n) is 3.07. The SMILES string of the molecule is COc1cc(C=CC(=O)Nc2nc(-c3ccc(OC(C)C)cc3)cs2)ccc1OCCC(C)C. The van der Waals surface area contributed by atoms with Gasteiger partial charge in [-0.15, -0.1) is 11.3 Å². The zero-order chi connectivity index (χ0) is 24.5. The number of amides is 1. The first-order chi connectivity index (χ1) is 16.3. The first-order valence-corrected chi connectivity index (χ1v) is 12.2. The van der Waals surface area contributed by atoms with Gasteiger partial charge < -0.3 is 14.2 Å². The number of anilines is 1. The fourth-order valence-corrected chi connectivity index (χ4v) is 3.79. The number of methoxy groups -OCH3 is 1. The van der Waals surface area contributed by atoms with Gasteiger partial charge in [0.25, 0.3) is 0 Å². The second-order valence-electron chi connectivity index (χ2n) is 8.49. The summed E-state index contributed by atoms with van der Waals surface area (Å²) in [4.78, 5) is 16.9. The largest absolute Gasteiger partial charge is 0.493 e. The zero-order valence-corrected chi connectivity index (χ0v) is 21.1. The minimum Gasteiger partial charge on any atom is -0.493 e. The van der Waals surface area contributed by atoms with Crippen LogP contribution in [0.3, 0.4) is 0 Å². The predicted octanol–water partition coefficient (Wildman–Crippen LogP) is 6.68. The van der Waals surface area contributed by atoms with Gasteiger partial charge in [0.05, 0.1) is 25.5 Å². The summed E-state index contributed by atoms with van der Waals surface area (Å²) in [5, 5.41) is 5.28. The summed E-state index contributed by atoms with van der Waals surface area (Å²) in [6, 6.07) is 13.4. The summed E-state index contributed by atoms with van der Waals surface area (Å²) < 4.78 is 16.9. The number of thiazole rings is 1. The van der Waals surface area contributed by atoms with E-state index in [-0.39, 0.29) is 12.0 Å². The molecule has 0 aliphatic carbocycles. The zero-order valence-electron chi connectivity index (χ0n) is 20.3. The Hall–Kier alpha value is -3.32. The topological polar surface area (TPSA) is 69.7 Å². The quantitative estimate of drug-likeness (QED) is 0.310. The molecular formula is C27H32N2O4S. The molecule has 1 N–H and O–H groups in total. The molecule has 1 heterocycles. The second kappa shape index (κ2) is 12.2. The van der Waals surface area contributed by atoms with Crippen molar-refractivity contribution in [1.29, 1.82) is 0 Å². The van der Waals surface area contributed by atoms with E-state index < -0.39 is 0 Å². The number of hydrogen-bond donors (Lipinski definition) is 1. The second-order valence-corrected chi connectivity index (χ2v) is 9.35. The van der Waals surface area contributed by atoms with Gasteiger partial charge in [0, 0.05) is 17.0 Å². The van der Waals surface area contributed by atoms with E-state index in [0.29, 0.717) is 29.2 Å². The Kier molecular flexibility index (Phi) is 9.10. The molecule has 180 valence electrons. The highest BCUT2D eigenvalue weighted by atomic mass is 32.1. The maximum Gasteiger partial charge on any atom is 0.250 e. The van der Waals surface area contributed by atoms with Crippen molar-refractivity contribution in [2.45, 2.75) is 40.2 Å². The maximum atomic E-state index is 12.4. The van der Waals surface area contributed by atoms with Crippen LogP contribution in [0.5, 0.6) is 17.2 Å². The van der Waals surface area contributed by atoms with Crippen molar-refractivity contribution in [2.24, 2.45) is 5.92 Å². The molecule has 3 rings (SSSR count). The van der Waals surface area contributed by atoms with Crippen LogP contribution in [-0.4, -0.2) is 30.7 Å². The van der Waals surface area contributed by atoms with Gasteiger partial charge >= 0.3 is 0 Å². The smallest absolute Gasteiger partial charge is 0.250 e. The third-order valence-electron chi connectivity index (χ3n) is 4.82. The lowest BCUT2D eigenvalue weighted by Crippen LogP contribution is -2.07. The van der Waals surface area contributed by atoms with E-state index in [1.807, 2.05) is 61.7 Å². The molecule has 0 saturated carbocycles. The third kappa shape index (κ3) is 7.63. The van der Waals surface area contributed by atoms with Crippen molar-refractivity contribution in [3.05, 3.63) is 59.5 Å². The van der Waals surface area contributed by atoms with Crippen molar-refractivity contribution in [3.63, 3.8) is 0 Å². The monoisotopic (exact) mass is 480 g/mol. The van der Waals surface area contributed by atoms with E-state index >= 15 is 0 Å². The number of aromatic nitrogens is 1. The van der Waals surface area contributed by atoms with Crippen LogP contribution in [0, 0.1) is 5.92 Å². The summed E-state index contributed by atoms with van der Waals surface area (Å²) >= 11 is 1.38. The summed E-state index contributed by atoms with van der Waals surface area (Å²) in [7, 11) is 1.61. The van der Waals surface area contributed by atoms with E-state index in [2.05, 4.69) is 24.1 Å². The molecule has 0 radical (unpaired) electrons. The van der Waals surface area contributed by atoms with Crippen molar-refractivity contribution < 1.29 is 19.0 Å². The van der Waals surface area contributed by atoms with Gasteiger partial charge in [-0.3, -0.25) is 10.1 Å². The van der Waals surface area contributed by atoms with Crippen LogP contribution in [0.1, 0.15) is 39.7 Å². The van der Waals surface area contributed by atoms with Crippen LogP contribution in [0.2, 0.25) is 0 Å². The molecule has 0 aliphatic heterocycles. The molecule has 0 unspecified atom stereocenters. The van der Waals surface area contributed by atoms with E-state index in [1.165, 1.54) is 17.4 Å². The number of nitrogens with zero attached hydrogens (tertiary/aromatic N) is 1. The fraction of sp³-hybridized carbons (Fsp3) is 0.333. The minimum absolute atomic E-state index is 0.127. The lowest BCUT2D eigenvalue weighted by molar-refractivity contribution is -0.111. The predicted molar refractivity (Wildman–Crippen MR) is 139 cm³/mol. The van der Waals surface area contributed by atoms with Crippen LogP contribution in [-0.2, 0) is 4.79 Å². The van der Waals surface area contributed by atoms with Gasteiger partial charge in [-0.05, 0) is 74.2 Å². The average Bonchev–Trinajstić information content (AvgIpc) is 3.26. The average molecular weight is 481 g/mol. The number of benzene rings is 2. The molecule has 0 bridgehead atoms. The summed E-state index contributed by atoms with van der Waals surface area (Å²) in [5.41, 5.74) is 2.61. The standard InChI is InChI=1S/C27H32N2O4S/c1-18(2)14-15-32-24-12-6-20(16-25(24)31-5)7-13-26(30)29-27-28-23(17-34-27)21-8-10-22(11-9-21)33-19(3)4/h6-13,16-19H,14-15H2,1-5H3,(H,28,29,30). The Balaban J connectivity index is 1.58. The summed E-state index contributed by atoms with van der Waals surface area (Å²) in [5.74, 6) is 2.48. The summed E-state index contributed by atoms with van der Waals surface area (Å²) in [6.45, 7) is 8.94. The van der Waals surface area contributed by atoms with Crippen molar-refractivity contribution in [3.8, 4) is 28.5 Å². The molecular weight excluding hydrogens is 448 g/mol. The number of carbonyl (C=O) groups excluding carboxylic acids is 1. The molecule has 0 spiro atoms. The highest BCUT2D eigenvalue weighted by Gasteiger charge is 2.09.